The summed E-state index contributed by atoms with van der Waals surface area (Å²) >= 11 is 0. The maximum absolute atomic E-state index is 14.1. The zero-order chi connectivity index (χ0) is 25.7. The van der Waals surface area contributed by atoms with Gasteiger partial charge in [0.25, 0.3) is 0 Å². The topological polar surface area (TPSA) is 94.1 Å². The normalized spacial score (nSPS) is 16.2. The van der Waals surface area contributed by atoms with Crippen LogP contribution in [0.2, 0.25) is 0 Å². The minimum absolute atomic E-state index is 0.107. The van der Waals surface area contributed by atoms with Crippen molar-refractivity contribution in [3.05, 3.63) is 58.3 Å². The molecular weight excluding hydrogens is 455 g/mol. The lowest BCUT2D eigenvalue weighted by molar-refractivity contribution is -0.137. The van der Waals surface area contributed by atoms with E-state index in [-0.39, 0.29) is 17.0 Å². The second-order valence-electron chi connectivity index (χ2n) is 9.55. The molecule has 3 aromatic rings. The van der Waals surface area contributed by atoms with Gasteiger partial charge in [0, 0.05) is 29.5 Å². The SMILES string of the molecule is Cc1c(C#N)cccc1[C@@H](N)Nc1nnc(C)c2cc(C(F)(F)F)c(N3CC(C)(N(C)C)C3)cc12. The molecule has 0 amide bonds. The first kappa shape index (κ1) is 24.7. The number of nitriles is 1. The molecule has 10 heteroatoms. The van der Waals surface area contributed by atoms with Crippen LogP contribution in [0.15, 0.2) is 30.3 Å². The largest absolute Gasteiger partial charge is 0.418 e. The van der Waals surface area contributed by atoms with Crippen LogP contribution in [0.25, 0.3) is 10.8 Å². The molecule has 0 unspecified atom stereocenters. The second kappa shape index (κ2) is 8.66. The molecule has 0 bridgehead atoms. The lowest BCUT2D eigenvalue weighted by Gasteiger charge is -2.53. The highest BCUT2D eigenvalue weighted by molar-refractivity contribution is 5.97. The number of anilines is 2. The number of alkyl halides is 3. The van der Waals surface area contributed by atoms with E-state index in [0.717, 1.165) is 11.6 Å². The molecule has 1 aliphatic rings. The van der Waals surface area contributed by atoms with Crippen LogP contribution in [-0.4, -0.2) is 47.8 Å². The van der Waals surface area contributed by atoms with Gasteiger partial charge in [0.05, 0.1) is 28.4 Å². The van der Waals surface area contributed by atoms with Crippen LogP contribution in [0.4, 0.5) is 24.7 Å². The average molecular weight is 484 g/mol. The monoisotopic (exact) mass is 483 g/mol. The van der Waals surface area contributed by atoms with Crippen LogP contribution < -0.4 is 16.0 Å². The number of aromatic nitrogens is 2. The predicted molar refractivity (Wildman–Crippen MR) is 130 cm³/mol. The van der Waals surface area contributed by atoms with Crippen molar-refractivity contribution in [2.24, 2.45) is 5.73 Å². The van der Waals surface area contributed by atoms with Gasteiger partial charge in [0.1, 0.15) is 6.17 Å². The van der Waals surface area contributed by atoms with Crippen molar-refractivity contribution in [3.8, 4) is 6.07 Å². The van der Waals surface area contributed by atoms with E-state index in [2.05, 4.69) is 21.6 Å². The van der Waals surface area contributed by atoms with Gasteiger partial charge in [-0.05, 0) is 64.2 Å². The van der Waals surface area contributed by atoms with Gasteiger partial charge in [0.15, 0.2) is 5.82 Å². The molecule has 2 heterocycles. The molecular formula is C25H28F3N7. The summed E-state index contributed by atoms with van der Waals surface area (Å²) in [4.78, 5) is 3.76. The number of hydrogen-bond donors (Lipinski definition) is 2. The highest BCUT2D eigenvalue weighted by Crippen LogP contribution is 2.44. The van der Waals surface area contributed by atoms with Gasteiger partial charge >= 0.3 is 6.18 Å². The van der Waals surface area contributed by atoms with Gasteiger partial charge < -0.3 is 20.9 Å². The van der Waals surface area contributed by atoms with Gasteiger partial charge in [0.2, 0.25) is 0 Å². The maximum Gasteiger partial charge on any atom is 0.418 e. The Labute approximate surface area is 202 Å². The quantitative estimate of drug-likeness (QED) is 0.521. The fourth-order valence-corrected chi connectivity index (χ4v) is 4.48. The van der Waals surface area contributed by atoms with Crippen molar-refractivity contribution in [2.75, 3.05) is 37.4 Å². The summed E-state index contributed by atoms with van der Waals surface area (Å²) in [6, 6.07) is 10.0. The first-order chi connectivity index (χ1) is 16.4. The lowest BCUT2D eigenvalue weighted by atomic mass is 9.89. The molecule has 1 fully saturated rings. The highest BCUT2D eigenvalue weighted by atomic mass is 19.4. The molecule has 1 atom stereocenters. The molecule has 1 aromatic heterocycles. The van der Waals surface area contributed by atoms with Crippen LogP contribution in [-0.2, 0) is 6.18 Å². The van der Waals surface area contributed by atoms with Crippen LogP contribution in [0.5, 0.6) is 0 Å². The van der Waals surface area contributed by atoms with Crippen LogP contribution in [0, 0.1) is 25.2 Å². The van der Waals surface area contributed by atoms with Crippen molar-refractivity contribution in [1.29, 1.82) is 5.26 Å². The van der Waals surface area contributed by atoms with Crippen LogP contribution in [0.1, 0.15) is 41.0 Å². The third-order valence-corrected chi connectivity index (χ3v) is 6.99. The van der Waals surface area contributed by atoms with Crippen molar-refractivity contribution in [3.63, 3.8) is 0 Å². The number of nitrogens with zero attached hydrogens (tertiary/aromatic N) is 5. The number of fused-ring (bicyclic) bond motifs is 1. The lowest BCUT2D eigenvalue weighted by Crippen LogP contribution is -2.67. The van der Waals surface area contributed by atoms with E-state index >= 15 is 0 Å². The smallest absolute Gasteiger partial charge is 0.367 e. The van der Waals surface area contributed by atoms with Gasteiger partial charge in [-0.25, -0.2) is 0 Å². The van der Waals surface area contributed by atoms with Gasteiger partial charge in [-0.3, -0.25) is 0 Å². The molecule has 0 saturated carbocycles. The number of halogens is 3. The number of likely N-dealkylation sites (N-methyl/N-ethyl adjacent to an activating group) is 1. The Morgan fingerprint density at radius 1 is 1.17 bits per heavy atom. The zero-order valence-electron chi connectivity index (χ0n) is 20.3. The fraction of sp³-hybridized carbons (Fsp3) is 0.400. The Morgan fingerprint density at radius 3 is 2.46 bits per heavy atom. The number of aryl methyl sites for hydroxylation is 1. The molecule has 4 rings (SSSR count). The van der Waals surface area contributed by atoms with Crippen molar-refractivity contribution >= 4 is 22.3 Å². The summed E-state index contributed by atoms with van der Waals surface area (Å²) in [5.41, 5.74) is 7.90. The zero-order valence-corrected chi connectivity index (χ0v) is 20.3. The molecule has 0 aliphatic carbocycles. The molecule has 35 heavy (non-hydrogen) atoms. The molecule has 1 aliphatic heterocycles. The minimum atomic E-state index is -4.53. The van der Waals surface area contributed by atoms with Crippen LogP contribution >= 0.6 is 0 Å². The van der Waals surface area contributed by atoms with E-state index in [1.54, 1.807) is 36.9 Å². The Balaban J connectivity index is 1.80. The van der Waals surface area contributed by atoms with Gasteiger partial charge in [-0.1, -0.05) is 12.1 Å². The third-order valence-electron chi connectivity index (χ3n) is 6.99. The second-order valence-corrected chi connectivity index (χ2v) is 9.55. The first-order valence-corrected chi connectivity index (χ1v) is 11.2. The van der Waals surface area contributed by atoms with Crippen molar-refractivity contribution in [1.82, 2.24) is 15.1 Å². The molecule has 7 nitrogen and oxygen atoms in total. The van der Waals surface area contributed by atoms with Crippen molar-refractivity contribution in [2.45, 2.75) is 38.7 Å². The molecule has 0 radical (unpaired) electrons. The van der Waals surface area contributed by atoms with E-state index in [0.29, 0.717) is 40.7 Å². The molecule has 0 spiro atoms. The van der Waals surface area contributed by atoms with E-state index in [4.69, 9.17) is 5.73 Å². The predicted octanol–water partition coefficient (Wildman–Crippen LogP) is 4.35. The highest BCUT2D eigenvalue weighted by Gasteiger charge is 2.44. The molecule has 1 saturated heterocycles. The van der Waals surface area contributed by atoms with Gasteiger partial charge in [-0.2, -0.15) is 23.5 Å². The molecule has 184 valence electrons. The summed E-state index contributed by atoms with van der Waals surface area (Å²) in [6.07, 6.45) is -5.27. The number of benzene rings is 2. The minimum Gasteiger partial charge on any atom is -0.367 e. The Bertz CT molecular complexity index is 1320. The Morgan fingerprint density at radius 2 is 1.86 bits per heavy atom. The van der Waals surface area contributed by atoms with E-state index < -0.39 is 17.9 Å². The standard InChI is InChI=1S/C25H28F3N7/c1-14-16(11-29)7-6-8-17(14)22(30)31-23-19-10-21(35-12-24(3,13-35)34(4)5)20(25(26,27)28)9-18(19)15(2)32-33-23/h6-10,22H,12-13,30H2,1-5H3,(H,31,33)/t22-/m0/s1. The third kappa shape index (κ3) is 4.37. The summed E-state index contributed by atoms with van der Waals surface area (Å²) in [7, 11) is 3.85. The fourth-order valence-electron chi connectivity index (χ4n) is 4.48. The summed E-state index contributed by atoms with van der Waals surface area (Å²) in [6.45, 7) is 6.39. The number of nitrogens with two attached hydrogens (primary N) is 1. The van der Waals surface area contributed by atoms with Crippen molar-refractivity contribution < 1.29 is 13.2 Å². The summed E-state index contributed by atoms with van der Waals surface area (Å²) in [5, 5.41) is 21.6. The Kier molecular flexibility index (Phi) is 6.11. The Hall–Kier alpha value is -3.42. The van der Waals surface area contributed by atoms with Crippen LogP contribution in [0.3, 0.4) is 0 Å². The van der Waals surface area contributed by atoms with Gasteiger partial charge in [-0.15, -0.1) is 5.10 Å². The number of rotatable bonds is 5. The number of hydrogen-bond acceptors (Lipinski definition) is 7. The van der Waals surface area contributed by atoms with E-state index in [9.17, 15) is 18.4 Å². The first-order valence-electron chi connectivity index (χ1n) is 11.2. The molecule has 2 aromatic carbocycles. The summed E-state index contributed by atoms with van der Waals surface area (Å²) in [5.74, 6) is 0.283. The number of nitrogens with one attached hydrogen (secondary N) is 1. The molecule has 3 N–H and O–H groups in total. The summed E-state index contributed by atoms with van der Waals surface area (Å²) < 4.78 is 42.3. The van der Waals surface area contributed by atoms with E-state index in [1.165, 1.54) is 6.07 Å². The maximum atomic E-state index is 14.1. The average Bonchev–Trinajstić information content (AvgIpc) is 2.77. The van der Waals surface area contributed by atoms with E-state index in [1.807, 2.05) is 25.9 Å².